The van der Waals surface area contributed by atoms with E-state index < -0.39 is 11.7 Å². The van der Waals surface area contributed by atoms with Gasteiger partial charge in [0, 0.05) is 24.6 Å². The molecule has 1 aliphatic heterocycles. The van der Waals surface area contributed by atoms with Crippen molar-refractivity contribution in [2.45, 2.75) is 19.0 Å². The lowest BCUT2D eigenvalue weighted by Gasteiger charge is -2.31. The van der Waals surface area contributed by atoms with E-state index in [4.69, 9.17) is 18.0 Å². The summed E-state index contributed by atoms with van der Waals surface area (Å²) >= 11 is 4.92. The minimum Gasteiger partial charge on any atom is -0.393 e. The summed E-state index contributed by atoms with van der Waals surface area (Å²) in [5.41, 5.74) is 4.81. The number of carbonyl (C=O) groups excluding carboxylic acids is 1. The van der Waals surface area contributed by atoms with Gasteiger partial charge in [-0.3, -0.25) is 4.79 Å². The van der Waals surface area contributed by atoms with E-state index in [1.54, 1.807) is 4.90 Å². The van der Waals surface area contributed by atoms with E-state index in [-0.39, 0.29) is 17.4 Å². The summed E-state index contributed by atoms with van der Waals surface area (Å²) < 4.78 is 38.0. The molecule has 1 aromatic rings. The molecule has 2 rings (SSSR count). The highest BCUT2D eigenvalue weighted by Gasteiger charge is 2.32. The van der Waals surface area contributed by atoms with Crippen molar-refractivity contribution in [1.82, 2.24) is 4.90 Å². The minimum absolute atomic E-state index is 0.0543. The molecule has 0 atom stereocenters. The van der Waals surface area contributed by atoms with Crippen LogP contribution >= 0.6 is 12.2 Å². The van der Waals surface area contributed by atoms with Gasteiger partial charge < -0.3 is 10.6 Å². The summed E-state index contributed by atoms with van der Waals surface area (Å²) in [6.07, 6.45) is -3.14. The number of hydrogen-bond donors (Lipinski definition) is 1. The van der Waals surface area contributed by atoms with Gasteiger partial charge >= 0.3 is 6.18 Å². The molecule has 0 aliphatic carbocycles. The van der Waals surface area contributed by atoms with Crippen LogP contribution in [-0.4, -0.2) is 28.9 Å². The van der Waals surface area contributed by atoms with E-state index in [0.29, 0.717) is 30.9 Å². The fraction of sp³-hybridized carbons (Fsp3) is 0.429. The third kappa shape index (κ3) is 3.72. The van der Waals surface area contributed by atoms with Crippen LogP contribution in [0.1, 0.15) is 28.8 Å². The van der Waals surface area contributed by atoms with Crippen molar-refractivity contribution in [3.05, 3.63) is 35.4 Å². The smallest absolute Gasteiger partial charge is 0.393 e. The van der Waals surface area contributed by atoms with Crippen molar-refractivity contribution in [3.8, 4) is 0 Å². The molecule has 114 valence electrons. The predicted octanol–water partition coefficient (Wildman–Crippen LogP) is 2.84. The third-order valence-electron chi connectivity index (χ3n) is 3.62. The van der Waals surface area contributed by atoms with Crippen LogP contribution in [0, 0.1) is 5.92 Å². The van der Waals surface area contributed by atoms with Gasteiger partial charge in [-0.2, -0.15) is 13.2 Å². The van der Waals surface area contributed by atoms with Gasteiger partial charge in [0.1, 0.15) is 0 Å². The molecule has 0 radical (unpaired) electrons. The number of likely N-dealkylation sites (tertiary alicyclic amines) is 1. The molecule has 1 aromatic carbocycles. The van der Waals surface area contributed by atoms with Crippen LogP contribution in [0.5, 0.6) is 0 Å². The van der Waals surface area contributed by atoms with Crippen LogP contribution < -0.4 is 5.73 Å². The first-order chi connectivity index (χ1) is 9.79. The van der Waals surface area contributed by atoms with Gasteiger partial charge in [0.2, 0.25) is 0 Å². The van der Waals surface area contributed by atoms with E-state index in [1.807, 2.05) is 0 Å². The van der Waals surface area contributed by atoms with E-state index >= 15 is 0 Å². The molecule has 3 nitrogen and oxygen atoms in total. The van der Waals surface area contributed by atoms with Crippen LogP contribution in [0.15, 0.2) is 24.3 Å². The molecule has 0 spiro atoms. The van der Waals surface area contributed by atoms with Crippen molar-refractivity contribution in [3.63, 3.8) is 0 Å². The van der Waals surface area contributed by atoms with Crippen molar-refractivity contribution in [2.24, 2.45) is 11.7 Å². The minimum atomic E-state index is -4.45. The molecule has 7 heteroatoms. The van der Waals surface area contributed by atoms with Gasteiger partial charge in [-0.05, 0) is 31.0 Å². The van der Waals surface area contributed by atoms with Gasteiger partial charge in [-0.15, -0.1) is 0 Å². The highest BCUT2D eigenvalue weighted by molar-refractivity contribution is 7.80. The monoisotopic (exact) mass is 316 g/mol. The number of rotatable bonds is 2. The quantitative estimate of drug-likeness (QED) is 0.854. The Hall–Kier alpha value is -1.63. The number of nitrogens with zero attached hydrogens (tertiary/aromatic N) is 1. The second kappa shape index (κ2) is 6.01. The molecule has 0 bridgehead atoms. The average molecular weight is 316 g/mol. The topological polar surface area (TPSA) is 46.3 Å². The summed E-state index contributed by atoms with van der Waals surface area (Å²) in [4.78, 5) is 14.2. The zero-order chi connectivity index (χ0) is 15.6. The largest absolute Gasteiger partial charge is 0.416 e. The zero-order valence-corrected chi connectivity index (χ0v) is 12.0. The van der Waals surface area contributed by atoms with Crippen molar-refractivity contribution >= 4 is 23.1 Å². The first-order valence-corrected chi connectivity index (χ1v) is 6.95. The number of hydrogen-bond acceptors (Lipinski definition) is 2. The number of amides is 1. The Labute approximate surface area is 125 Å². The molecule has 2 N–H and O–H groups in total. The average Bonchev–Trinajstić information content (AvgIpc) is 2.46. The Bertz CT molecular complexity index is 551. The first kappa shape index (κ1) is 15.8. The Kier molecular flexibility index (Phi) is 4.51. The van der Waals surface area contributed by atoms with Gasteiger partial charge in [-0.1, -0.05) is 18.3 Å². The molecule has 1 heterocycles. The number of alkyl halides is 3. The fourth-order valence-corrected chi connectivity index (χ4v) is 2.61. The lowest BCUT2D eigenvalue weighted by Crippen LogP contribution is -2.41. The standard InChI is InChI=1S/C14H15F3N2OS/c15-14(16,17)11-3-1-2-10(8-11)13(20)19-6-4-9(5-7-19)12(18)21/h1-3,8-9H,4-7H2,(H2,18,21). The Balaban J connectivity index is 2.09. The van der Waals surface area contributed by atoms with Crippen molar-refractivity contribution in [2.75, 3.05) is 13.1 Å². The van der Waals surface area contributed by atoms with E-state index in [1.165, 1.54) is 12.1 Å². The highest BCUT2D eigenvalue weighted by atomic mass is 32.1. The number of piperidine rings is 1. The number of carbonyl (C=O) groups is 1. The molecular formula is C14H15F3N2OS. The third-order valence-corrected chi connectivity index (χ3v) is 3.95. The van der Waals surface area contributed by atoms with Gasteiger partial charge in [0.05, 0.1) is 10.6 Å². The molecule has 0 saturated carbocycles. The van der Waals surface area contributed by atoms with Crippen LogP contribution in [0.4, 0.5) is 13.2 Å². The second-order valence-electron chi connectivity index (χ2n) is 5.05. The molecule has 0 unspecified atom stereocenters. The predicted molar refractivity (Wildman–Crippen MR) is 76.9 cm³/mol. The molecule has 1 aliphatic rings. The zero-order valence-electron chi connectivity index (χ0n) is 11.2. The Morgan fingerprint density at radius 3 is 2.43 bits per heavy atom. The summed E-state index contributed by atoms with van der Waals surface area (Å²) in [5, 5.41) is 0. The van der Waals surface area contributed by atoms with Gasteiger partial charge in [0.25, 0.3) is 5.91 Å². The maximum atomic E-state index is 12.7. The van der Waals surface area contributed by atoms with Crippen LogP contribution in [0.2, 0.25) is 0 Å². The number of benzene rings is 1. The van der Waals surface area contributed by atoms with Crippen LogP contribution in [0.25, 0.3) is 0 Å². The molecule has 1 saturated heterocycles. The normalized spacial score (nSPS) is 16.8. The molecule has 1 amide bonds. The molecule has 21 heavy (non-hydrogen) atoms. The molecule has 1 fully saturated rings. The Morgan fingerprint density at radius 2 is 1.90 bits per heavy atom. The van der Waals surface area contributed by atoms with E-state index in [9.17, 15) is 18.0 Å². The first-order valence-electron chi connectivity index (χ1n) is 6.55. The van der Waals surface area contributed by atoms with Crippen molar-refractivity contribution in [1.29, 1.82) is 0 Å². The second-order valence-corrected chi connectivity index (χ2v) is 5.52. The van der Waals surface area contributed by atoms with Crippen LogP contribution in [0.3, 0.4) is 0 Å². The number of halogens is 3. The van der Waals surface area contributed by atoms with Gasteiger partial charge in [-0.25, -0.2) is 0 Å². The van der Waals surface area contributed by atoms with E-state index in [0.717, 1.165) is 12.1 Å². The lowest BCUT2D eigenvalue weighted by atomic mass is 9.96. The summed E-state index contributed by atoms with van der Waals surface area (Å²) in [6.45, 7) is 0.911. The lowest BCUT2D eigenvalue weighted by molar-refractivity contribution is -0.137. The molecular weight excluding hydrogens is 301 g/mol. The van der Waals surface area contributed by atoms with E-state index in [2.05, 4.69) is 0 Å². The Morgan fingerprint density at radius 1 is 1.29 bits per heavy atom. The maximum absolute atomic E-state index is 12.7. The van der Waals surface area contributed by atoms with Gasteiger partial charge in [0.15, 0.2) is 0 Å². The summed E-state index contributed by atoms with van der Waals surface area (Å²) in [6, 6.07) is 4.49. The maximum Gasteiger partial charge on any atom is 0.416 e. The number of thiocarbonyl (C=S) groups is 1. The summed E-state index contributed by atoms with van der Waals surface area (Å²) in [5.74, 6) is -0.284. The summed E-state index contributed by atoms with van der Waals surface area (Å²) in [7, 11) is 0. The SMILES string of the molecule is NC(=S)C1CCN(C(=O)c2cccc(C(F)(F)F)c2)CC1. The fourth-order valence-electron chi connectivity index (χ4n) is 2.38. The highest BCUT2D eigenvalue weighted by Crippen LogP contribution is 2.30. The van der Waals surface area contributed by atoms with Crippen molar-refractivity contribution < 1.29 is 18.0 Å². The molecule has 0 aromatic heterocycles. The number of nitrogens with two attached hydrogens (primary N) is 1. The van der Waals surface area contributed by atoms with Crippen LogP contribution in [-0.2, 0) is 6.18 Å².